The van der Waals surface area contributed by atoms with Crippen LogP contribution in [0.2, 0.25) is 0 Å². The van der Waals surface area contributed by atoms with Crippen LogP contribution < -0.4 is 16.4 Å². The monoisotopic (exact) mass is 299 g/mol. The zero-order chi connectivity index (χ0) is 15.9. The van der Waals surface area contributed by atoms with Crippen molar-refractivity contribution in [2.24, 2.45) is 5.73 Å². The number of rotatable bonds is 4. The smallest absolute Gasteiger partial charge is 0.313 e. The number of anilines is 1. The highest BCUT2D eigenvalue weighted by Crippen LogP contribution is 2.13. The van der Waals surface area contributed by atoms with Gasteiger partial charge in [-0.15, -0.1) is 0 Å². The highest BCUT2D eigenvalue weighted by molar-refractivity contribution is 6.39. The van der Waals surface area contributed by atoms with Gasteiger partial charge in [0.15, 0.2) is 0 Å². The van der Waals surface area contributed by atoms with E-state index >= 15 is 0 Å². The van der Waals surface area contributed by atoms with Crippen LogP contribution in [0.3, 0.4) is 0 Å². The molecule has 2 aromatic rings. The molecule has 5 N–H and O–H groups in total. The van der Waals surface area contributed by atoms with Crippen molar-refractivity contribution in [2.45, 2.75) is 13.1 Å². The predicted octanol–water partition coefficient (Wildman–Crippen LogP) is 1.11. The van der Waals surface area contributed by atoms with E-state index in [0.29, 0.717) is 12.2 Å². The molecule has 2 aromatic carbocycles. The predicted molar refractivity (Wildman–Crippen MR) is 82.9 cm³/mol. The van der Waals surface area contributed by atoms with E-state index in [1.54, 1.807) is 0 Å². The number of hydrogen-bond donors (Lipinski definition) is 4. The molecule has 0 unspecified atom stereocenters. The van der Waals surface area contributed by atoms with Crippen molar-refractivity contribution in [1.29, 1.82) is 0 Å². The van der Waals surface area contributed by atoms with Crippen LogP contribution in [0.4, 0.5) is 5.69 Å². The summed E-state index contributed by atoms with van der Waals surface area (Å²) >= 11 is 0. The SMILES string of the molecule is NCc1cccc(CNC(=O)C(=O)Nc2ccc(O)cc2)c1. The molecular formula is C16H17N3O3. The number of nitrogens with two attached hydrogens (primary N) is 1. The van der Waals surface area contributed by atoms with E-state index in [0.717, 1.165) is 11.1 Å². The lowest BCUT2D eigenvalue weighted by Crippen LogP contribution is -2.34. The van der Waals surface area contributed by atoms with Crippen LogP contribution >= 0.6 is 0 Å². The second-order valence-corrected chi connectivity index (χ2v) is 4.71. The zero-order valence-corrected chi connectivity index (χ0v) is 11.9. The van der Waals surface area contributed by atoms with Gasteiger partial charge in [0.05, 0.1) is 0 Å². The topological polar surface area (TPSA) is 104 Å². The van der Waals surface area contributed by atoms with Gasteiger partial charge in [-0.05, 0) is 35.4 Å². The minimum atomic E-state index is -0.763. The molecule has 0 atom stereocenters. The van der Waals surface area contributed by atoms with Crippen LogP contribution in [0.25, 0.3) is 0 Å². The minimum absolute atomic E-state index is 0.0854. The summed E-state index contributed by atoms with van der Waals surface area (Å²) in [5.41, 5.74) is 7.81. The van der Waals surface area contributed by atoms with E-state index in [9.17, 15) is 9.59 Å². The van der Waals surface area contributed by atoms with Crippen molar-refractivity contribution < 1.29 is 14.7 Å². The maximum atomic E-state index is 11.7. The van der Waals surface area contributed by atoms with E-state index in [1.165, 1.54) is 24.3 Å². The minimum Gasteiger partial charge on any atom is -0.508 e. The molecule has 6 nitrogen and oxygen atoms in total. The Labute approximate surface area is 128 Å². The van der Waals surface area contributed by atoms with E-state index < -0.39 is 11.8 Å². The van der Waals surface area contributed by atoms with Crippen LogP contribution in [-0.4, -0.2) is 16.9 Å². The summed E-state index contributed by atoms with van der Waals surface area (Å²) in [7, 11) is 0. The second-order valence-electron chi connectivity index (χ2n) is 4.71. The van der Waals surface area contributed by atoms with Crippen LogP contribution in [0.5, 0.6) is 5.75 Å². The van der Waals surface area contributed by atoms with Gasteiger partial charge in [0.1, 0.15) is 5.75 Å². The van der Waals surface area contributed by atoms with Gasteiger partial charge >= 0.3 is 11.8 Å². The third-order valence-corrected chi connectivity index (χ3v) is 3.01. The zero-order valence-electron chi connectivity index (χ0n) is 11.9. The van der Waals surface area contributed by atoms with E-state index in [4.69, 9.17) is 10.8 Å². The van der Waals surface area contributed by atoms with Crippen molar-refractivity contribution >= 4 is 17.5 Å². The number of benzene rings is 2. The molecule has 0 aromatic heterocycles. The second kappa shape index (κ2) is 7.24. The summed E-state index contributed by atoms with van der Waals surface area (Å²) in [4.78, 5) is 23.5. The van der Waals surface area contributed by atoms with Gasteiger partial charge < -0.3 is 21.5 Å². The lowest BCUT2D eigenvalue weighted by Gasteiger charge is -2.07. The first-order chi connectivity index (χ1) is 10.6. The number of phenolic OH excluding ortho intramolecular Hbond substituents is 1. The third kappa shape index (κ3) is 4.32. The fourth-order valence-corrected chi connectivity index (χ4v) is 1.86. The standard InChI is InChI=1S/C16H17N3O3/c17-9-11-2-1-3-12(8-11)10-18-15(21)16(22)19-13-4-6-14(20)7-5-13/h1-8,20H,9-10,17H2,(H,18,21)(H,19,22). The fraction of sp³-hybridized carbons (Fsp3) is 0.125. The summed E-state index contributed by atoms with van der Waals surface area (Å²) in [5.74, 6) is -1.41. The van der Waals surface area contributed by atoms with Crippen molar-refractivity contribution in [2.75, 3.05) is 5.32 Å². The van der Waals surface area contributed by atoms with Gasteiger partial charge in [-0.1, -0.05) is 24.3 Å². The van der Waals surface area contributed by atoms with Gasteiger partial charge in [0.2, 0.25) is 0 Å². The van der Waals surface area contributed by atoms with Crippen molar-refractivity contribution in [3.63, 3.8) is 0 Å². The van der Waals surface area contributed by atoms with E-state index in [-0.39, 0.29) is 12.3 Å². The summed E-state index contributed by atoms with van der Waals surface area (Å²) < 4.78 is 0. The van der Waals surface area contributed by atoms with Gasteiger partial charge in [-0.2, -0.15) is 0 Å². The average Bonchev–Trinajstić information content (AvgIpc) is 2.54. The van der Waals surface area contributed by atoms with Crippen LogP contribution in [0.1, 0.15) is 11.1 Å². The summed E-state index contributed by atoms with van der Waals surface area (Å²) in [6.07, 6.45) is 0. The molecule has 114 valence electrons. The molecule has 22 heavy (non-hydrogen) atoms. The highest BCUT2D eigenvalue weighted by Gasteiger charge is 2.13. The van der Waals surface area contributed by atoms with Gasteiger partial charge in [-0.25, -0.2) is 0 Å². The number of carbonyl (C=O) groups excluding carboxylic acids is 2. The first-order valence-corrected chi connectivity index (χ1v) is 6.74. The Morgan fingerprint density at radius 2 is 1.68 bits per heavy atom. The largest absolute Gasteiger partial charge is 0.508 e. The molecule has 2 rings (SSSR count). The Bertz CT molecular complexity index is 669. The molecule has 0 bridgehead atoms. The molecule has 2 amide bonds. The summed E-state index contributed by atoms with van der Waals surface area (Å²) in [6.45, 7) is 0.665. The van der Waals surface area contributed by atoms with Crippen LogP contribution in [0.15, 0.2) is 48.5 Å². The van der Waals surface area contributed by atoms with Crippen molar-refractivity contribution in [3.8, 4) is 5.75 Å². The molecule has 6 heteroatoms. The Balaban J connectivity index is 1.88. The van der Waals surface area contributed by atoms with Crippen LogP contribution in [0, 0.1) is 0 Å². The number of nitrogens with one attached hydrogen (secondary N) is 2. The Morgan fingerprint density at radius 3 is 2.36 bits per heavy atom. The lowest BCUT2D eigenvalue weighted by atomic mass is 10.1. The first-order valence-electron chi connectivity index (χ1n) is 6.74. The number of hydrogen-bond acceptors (Lipinski definition) is 4. The van der Waals surface area contributed by atoms with Gasteiger partial charge in [0, 0.05) is 18.8 Å². The average molecular weight is 299 g/mol. The molecule has 0 fully saturated rings. The molecule has 0 heterocycles. The van der Waals surface area contributed by atoms with E-state index in [1.807, 2.05) is 24.3 Å². The lowest BCUT2D eigenvalue weighted by molar-refractivity contribution is -0.136. The summed E-state index contributed by atoms with van der Waals surface area (Å²) in [6, 6.07) is 13.3. The fourth-order valence-electron chi connectivity index (χ4n) is 1.86. The molecular weight excluding hydrogens is 282 g/mol. The third-order valence-electron chi connectivity index (χ3n) is 3.01. The molecule has 0 saturated carbocycles. The first kappa shape index (κ1) is 15.5. The maximum absolute atomic E-state index is 11.7. The van der Waals surface area contributed by atoms with Crippen molar-refractivity contribution in [3.05, 3.63) is 59.7 Å². The van der Waals surface area contributed by atoms with E-state index in [2.05, 4.69) is 10.6 Å². The normalized spacial score (nSPS) is 10.0. The number of amides is 2. The molecule has 0 aliphatic carbocycles. The molecule has 0 aliphatic rings. The number of phenols is 1. The molecule has 0 aliphatic heterocycles. The molecule has 0 spiro atoms. The Morgan fingerprint density at radius 1 is 1.00 bits per heavy atom. The molecule has 0 radical (unpaired) electrons. The van der Waals surface area contributed by atoms with Gasteiger partial charge in [0.25, 0.3) is 0 Å². The van der Waals surface area contributed by atoms with Crippen molar-refractivity contribution in [1.82, 2.24) is 5.32 Å². The quantitative estimate of drug-likeness (QED) is 0.501. The maximum Gasteiger partial charge on any atom is 0.313 e. The van der Waals surface area contributed by atoms with Crippen LogP contribution in [-0.2, 0) is 22.7 Å². The Hall–Kier alpha value is -2.86. The number of aromatic hydroxyl groups is 1. The number of carbonyl (C=O) groups is 2. The summed E-state index contributed by atoms with van der Waals surface area (Å²) in [5, 5.41) is 14.1. The van der Waals surface area contributed by atoms with Gasteiger partial charge in [-0.3, -0.25) is 9.59 Å². The Kier molecular flexibility index (Phi) is 5.11. The highest BCUT2D eigenvalue weighted by atomic mass is 16.3. The molecule has 0 saturated heterocycles.